The van der Waals surface area contributed by atoms with Gasteiger partial charge in [0, 0.05) is 25.2 Å². The van der Waals surface area contributed by atoms with E-state index in [-0.39, 0.29) is 5.02 Å². The molecule has 0 spiro atoms. The van der Waals surface area contributed by atoms with Crippen LogP contribution < -0.4 is 5.32 Å². The highest BCUT2D eigenvalue weighted by Gasteiger charge is 2.10. The van der Waals surface area contributed by atoms with Gasteiger partial charge in [0.15, 0.2) is 0 Å². The van der Waals surface area contributed by atoms with Crippen molar-refractivity contribution >= 4 is 11.6 Å². The molecule has 1 saturated heterocycles. The van der Waals surface area contributed by atoms with Crippen LogP contribution in [0, 0.1) is 11.6 Å². The summed E-state index contributed by atoms with van der Waals surface area (Å²) in [5, 5.41) is 2.94. The monoisotopic (exact) mass is 304 g/mol. The van der Waals surface area contributed by atoms with Crippen molar-refractivity contribution in [3.8, 4) is 0 Å². The highest BCUT2D eigenvalue weighted by molar-refractivity contribution is 6.30. The molecule has 0 amide bonds. The van der Waals surface area contributed by atoms with Crippen LogP contribution in [0.5, 0.6) is 0 Å². The molecular formula is C14H19ClF2N2O. The van der Waals surface area contributed by atoms with Gasteiger partial charge in [0.1, 0.15) is 11.6 Å². The van der Waals surface area contributed by atoms with Gasteiger partial charge in [0.2, 0.25) is 0 Å². The average Bonchev–Trinajstić information content (AvgIpc) is 2.45. The predicted octanol–water partition coefficient (Wildman–Crippen LogP) is 2.43. The van der Waals surface area contributed by atoms with Crippen molar-refractivity contribution in [3.63, 3.8) is 0 Å². The molecule has 0 atom stereocenters. The lowest BCUT2D eigenvalue weighted by Gasteiger charge is -2.26. The van der Waals surface area contributed by atoms with Crippen molar-refractivity contribution in [3.05, 3.63) is 34.4 Å². The van der Waals surface area contributed by atoms with Crippen molar-refractivity contribution in [2.24, 2.45) is 0 Å². The third-order valence-electron chi connectivity index (χ3n) is 3.34. The van der Waals surface area contributed by atoms with Gasteiger partial charge in [-0.25, -0.2) is 8.78 Å². The van der Waals surface area contributed by atoms with E-state index in [1.54, 1.807) is 0 Å². The fourth-order valence-corrected chi connectivity index (χ4v) is 2.33. The molecule has 2 rings (SSSR count). The minimum Gasteiger partial charge on any atom is -0.379 e. The van der Waals surface area contributed by atoms with E-state index in [0.29, 0.717) is 12.1 Å². The summed E-state index contributed by atoms with van der Waals surface area (Å²) in [6.07, 6.45) is 0.970. The van der Waals surface area contributed by atoms with Gasteiger partial charge in [-0.3, -0.25) is 4.90 Å². The van der Waals surface area contributed by atoms with Gasteiger partial charge in [-0.1, -0.05) is 11.6 Å². The van der Waals surface area contributed by atoms with Crippen LogP contribution in [-0.2, 0) is 11.3 Å². The molecule has 1 aromatic rings. The summed E-state index contributed by atoms with van der Waals surface area (Å²) in [6, 6.07) is 2.16. The lowest BCUT2D eigenvalue weighted by molar-refractivity contribution is 0.0374. The second-order valence-corrected chi connectivity index (χ2v) is 5.25. The number of nitrogens with zero attached hydrogens (tertiary/aromatic N) is 1. The zero-order valence-electron chi connectivity index (χ0n) is 11.3. The molecule has 0 aromatic heterocycles. The molecule has 0 unspecified atom stereocenters. The highest BCUT2D eigenvalue weighted by atomic mass is 35.5. The van der Waals surface area contributed by atoms with Crippen molar-refractivity contribution in [2.45, 2.75) is 13.0 Å². The van der Waals surface area contributed by atoms with Crippen LogP contribution in [0.3, 0.4) is 0 Å². The Morgan fingerprint density at radius 3 is 2.70 bits per heavy atom. The molecule has 1 fully saturated rings. The van der Waals surface area contributed by atoms with Crippen molar-refractivity contribution in [2.75, 3.05) is 39.4 Å². The lowest BCUT2D eigenvalue weighted by Crippen LogP contribution is -2.37. The largest absolute Gasteiger partial charge is 0.379 e. The Hall–Kier alpha value is -0.750. The molecule has 0 radical (unpaired) electrons. The summed E-state index contributed by atoms with van der Waals surface area (Å²) in [5.41, 5.74) is 0.304. The van der Waals surface area contributed by atoms with Gasteiger partial charge in [-0.2, -0.15) is 0 Å². The average molecular weight is 305 g/mol. The third kappa shape index (κ3) is 4.66. The van der Waals surface area contributed by atoms with Crippen molar-refractivity contribution in [1.82, 2.24) is 10.2 Å². The number of rotatable bonds is 6. The first-order chi connectivity index (χ1) is 9.66. The molecular weight excluding hydrogens is 286 g/mol. The normalized spacial score (nSPS) is 16.6. The Balaban J connectivity index is 1.66. The van der Waals surface area contributed by atoms with E-state index in [1.165, 1.54) is 0 Å². The second kappa shape index (κ2) is 7.88. The first kappa shape index (κ1) is 15.6. The van der Waals surface area contributed by atoms with E-state index in [4.69, 9.17) is 16.3 Å². The molecule has 6 heteroatoms. The Morgan fingerprint density at radius 2 is 1.95 bits per heavy atom. The van der Waals surface area contributed by atoms with E-state index in [0.717, 1.165) is 57.9 Å². The maximum absolute atomic E-state index is 13.5. The van der Waals surface area contributed by atoms with Gasteiger partial charge in [-0.15, -0.1) is 0 Å². The molecule has 0 saturated carbocycles. The Morgan fingerprint density at radius 1 is 1.20 bits per heavy atom. The van der Waals surface area contributed by atoms with E-state index in [1.807, 2.05) is 0 Å². The molecule has 20 heavy (non-hydrogen) atoms. The topological polar surface area (TPSA) is 24.5 Å². The highest BCUT2D eigenvalue weighted by Crippen LogP contribution is 2.19. The van der Waals surface area contributed by atoms with E-state index < -0.39 is 11.6 Å². The molecule has 0 aliphatic carbocycles. The van der Waals surface area contributed by atoms with Crippen LogP contribution >= 0.6 is 11.6 Å². The second-order valence-electron chi connectivity index (χ2n) is 4.84. The predicted molar refractivity (Wildman–Crippen MR) is 75.0 cm³/mol. The molecule has 1 N–H and O–H groups in total. The Labute approximate surface area is 122 Å². The Bertz CT molecular complexity index is 439. The summed E-state index contributed by atoms with van der Waals surface area (Å²) in [7, 11) is 0. The van der Waals surface area contributed by atoms with E-state index >= 15 is 0 Å². The van der Waals surface area contributed by atoms with Gasteiger partial charge in [-0.05, 0) is 31.6 Å². The summed E-state index contributed by atoms with van der Waals surface area (Å²) >= 11 is 5.50. The standard InChI is InChI=1S/C14H19ClF2N2O/c15-12-9-13(16)11(8-14(12)17)10-18-2-1-3-19-4-6-20-7-5-19/h8-9,18H,1-7,10H2. The summed E-state index contributed by atoms with van der Waals surface area (Å²) in [5.74, 6) is -1.06. The first-order valence-corrected chi connectivity index (χ1v) is 7.19. The molecule has 112 valence electrons. The van der Waals surface area contributed by atoms with Gasteiger partial charge in [0.05, 0.1) is 18.2 Å². The Kier molecular flexibility index (Phi) is 6.16. The molecule has 3 nitrogen and oxygen atoms in total. The molecule has 0 bridgehead atoms. The number of ether oxygens (including phenoxy) is 1. The minimum absolute atomic E-state index is 0.182. The smallest absolute Gasteiger partial charge is 0.142 e. The van der Waals surface area contributed by atoms with Crippen LogP contribution in [-0.4, -0.2) is 44.3 Å². The molecule has 1 aliphatic heterocycles. The fourth-order valence-electron chi connectivity index (χ4n) is 2.17. The first-order valence-electron chi connectivity index (χ1n) is 6.81. The number of hydrogen-bond acceptors (Lipinski definition) is 3. The number of benzene rings is 1. The van der Waals surface area contributed by atoms with Crippen LogP contribution in [0.1, 0.15) is 12.0 Å². The van der Waals surface area contributed by atoms with Crippen LogP contribution in [0.25, 0.3) is 0 Å². The van der Waals surface area contributed by atoms with Crippen molar-refractivity contribution in [1.29, 1.82) is 0 Å². The van der Waals surface area contributed by atoms with Crippen LogP contribution in [0.2, 0.25) is 5.02 Å². The number of morpholine rings is 1. The van der Waals surface area contributed by atoms with Gasteiger partial charge >= 0.3 is 0 Å². The molecule has 1 aliphatic rings. The van der Waals surface area contributed by atoms with Gasteiger partial charge < -0.3 is 10.1 Å². The minimum atomic E-state index is -0.585. The molecule has 1 aromatic carbocycles. The van der Waals surface area contributed by atoms with Crippen LogP contribution in [0.4, 0.5) is 8.78 Å². The quantitative estimate of drug-likeness (QED) is 0.645. The van der Waals surface area contributed by atoms with Crippen molar-refractivity contribution < 1.29 is 13.5 Å². The summed E-state index contributed by atoms with van der Waals surface area (Å²) in [4.78, 5) is 2.34. The maximum atomic E-state index is 13.5. The molecule has 1 heterocycles. The SMILES string of the molecule is Fc1cc(CNCCCN2CCOCC2)c(F)cc1Cl. The number of nitrogens with one attached hydrogen (secondary N) is 1. The summed E-state index contributed by atoms with van der Waals surface area (Å²) < 4.78 is 32.0. The van der Waals surface area contributed by atoms with E-state index in [2.05, 4.69) is 10.2 Å². The zero-order chi connectivity index (χ0) is 14.4. The fraction of sp³-hybridized carbons (Fsp3) is 0.571. The van der Waals surface area contributed by atoms with Gasteiger partial charge in [0.25, 0.3) is 0 Å². The number of halogens is 3. The summed E-state index contributed by atoms with van der Waals surface area (Å²) in [6.45, 7) is 5.59. The van der Waals surface area contributed by atoms with E-state index in [9.17, 15) is 8.78 Å². The number of hydrogen-bond donors (Lipinski definition) is 1. The zero-order valence-corrected chi connectivity index (χ0v) is 12.1. The van der Waals surface area contributed by atoms with Crippen LogP contribution in [0.15, 0.2) is 12.1 Å². The lowest BCUT2D eigenvalue weighted by atomic mass is 10.2. The third-order valence-corrected chi connectivity index (χ3v) is 3.63. The maximum Gasteiger partial charge on any atom is 0.142 e.